The number of carbonyl (C=O) groups is 1. The summed E-state index contributed by atoms with van der Waals surface area (Å²) in [5.41, 5.74) is 4.64. The molecule has 15 heteroatoms. The van der Waals surface area contributed by atoms with E-state index in [0.29, 0.717) is 35.6 Å². The number of ether oxygens (including phenoxy) is 4. The van der Waals surface area contributed by atoms with Crippen molar-refractivity contribution in [1.82, 2.24) is 9.88 Å². The SMILES string of the molecule is C=CCO[C@@]12Oc3ccc(OCc4cccc(C)n4)cc3[C@H]3[C@H](CCCCO)[C@@H](CCCCO)C=C(C(=NOC)C[C@@H]1N(CCOCCO)C(=O)C=Cc1ccc([N+](=O)[O-])cc1)[C@H]32. The van der Waals surface area contributed by atoms with E-state index < -0.39 is 28.6 Å². The Kier molecular flexibility index (Phi) is 17.0. The van der Waals surface area contributed by atoms with Crippen LogP contribution in [0, 0.1) is 34.8 Å². The van der Waals surface area contributed by atoms with E-state index in [0.717, 1.165) is 48.2 Å². The maximum absolute atomic E-state index is 14.7. The second-order valence-corrected chi connectivity index (χ2v) is 16.1. The second-order valence-electron chi connectivity index (χ2n) is 16.1. The van der Waals surface area contributed by atoms with Gasteiger partial charge in [0.2, 0.25) is 11.7 Å². The Labute approximate surface area is 368 Å². The zero-order chi connectivity index (χ0) is 44.8. The number of unbranched alkanes of at least 4 members (excludes halogenated alkanes) is 2. The molecular weight excluding hydrogens is 809 g/mol. The Morgan fingerprint density at radius 2 is 1.83 bits per heavy atom. The number of pyridine rings is 1. The molecule has 6 atom stereocenters. The number of non-ortho nitro benzene ring substituents is 1. The summed E-state index contributed by atoms with van der Waals surface area (Å²) in [6.07, 6.45) is 11.5. The van der Waals surface area contributed by atoms with Crippen LogP contribution < -0.4 is 9.47 Å². The Bertz CT molecular complexity index is 2110. The number of carbonyl (C=O) groups excluding carboxylic acids is 1. The number of aliphatic hydroxyl groups is 3. The Morgan fingerprint density at radius 3 is 2.52 bits per heavy atom. The van der Waals surface area contributed by atoms with Crippen molar-refractivity contribution in [3.05, 3.63) is 124 Å². The molecule has 0 saturated heterocycles. The van der Waals surface area contributed by atoms with Gasteiger partial charge < -0.3 is 44.0 Å². The van der Waals surface area contributed by atoms with Gasteiger partial charge in [-0.05, 0) is 104 Å². The van der Waals surface area contributed by atoms with Crippen LogP contribution in [-0.4, -0.2) is 107 Å². The first kappa shape index (κ1) is 47.0. The van der Waals surface area contributed by atoms with Crippen LogP contribution in [0.1, 0.15) is 73.4 Å². The first-order valence-corrected chi connectivity index (χ1v) is 21.8. The number of nitrogens with zero attached hydrogens (tertiary/aromatic N) is 4. The number of fused-ring (bicyclic) bond motifs is 2. The van der Waals surface area contributed by atoms with E-state index in [1.807, 2.05) is 43.3 Å². The minimum atomic E-state index is -1.50. The summed E-state index contributed by atoms with van der Waals surface area (Å²) >= 11 is 0. The lowest BCUT2D eigenvalue weighted by molar-refractivity contribution is -0.384. The van der Waals surface area contributed by atoms with Gasteiger partial charge in [0.05, 0.1) is 48.7 Å². The smallest absolute Gasteiger partial charge is 0.269 e. The van der Waals surface area contributed by atoms with Gasteiger partial charge in [-0.1, -0.05) is 36.2 Å². The zero-order valence-electron chi connectivity index (χ0n) is 36.2. The lowest BCUT2D eigenvalue weighted by Crippen LogP contribution is -2.70. The van der Waals surface area contributed by atoms with Crippen molar-refractivity contribution >= 4 is 23.4 Å². The number of rotatable bonds is 24. The quantitative estimate of drug-likeness (QED) is 0.0284. The molecule has 1 fully saturated rings. The molecule has 1 aromatic heterocycles. The zero-order valence-corrected chi connectivity index (χ0v) is 36.2. The summed E-state index contributed by atoms with van der Waals surface area (Å²) in [4.78, 5) is 37.4. The molecule has 3 N–H and O–H groups in total. The maximum atomic E-state index is 14.7. The molecular formula is C48H60N4O11. The highest BCUT2D eigenvalue weighted by Gasteiger charge is 2.65. The number of hydrogen-bond donors (Lipinski definition) is 3. The summed E-state index contributed by atoms with van der Waals surface area (Å²) in [6.45, 7) is 6.46. The molecule has 15 nitrogen and oxygen atoms in total. The Morgan fingerprint density at radius 1 is 1.05 bits per heavy atom. The summed E-state index contributed by atoms with van der Waals surface area (Å²) in [7, 11) is 1.49. The van der Waals surface area contributed by atoms with E-state index in [4.69, 9.17) is 23.8 Å². The highest BCUT2D eigenvalue weighted by atomic mass is 16.7. The van der Waals surface area contributed by atoms with Gasteiger partial charge in [-0.25, -0.2) is 0 Å². The van der Waals surface area contributed by atoms with Crippen LogP contribution in [0.3, 0.4) is 0 Å². The van der Waals surface area contributed by atoms with Crippen molar-refractivity contribution in [3.8, 4) is 11.5 Å². The molecule has 2 aromatic carbocycles. The van der Waals surface area contributed by atoms with Gasteiger partial charge in [0.15, 0.2) is 0 Å². The van der Waals surface area contributed by atoms with E-state index in [1.165, 1.54) is 25.3 Å². The van der Waals surface area contributed by atoms with Crippen molar-refractivity contribution in [2.24, 2.45) is 22.9 Å². The highest BCUT2D eigenvalue weighted by Crippen LogP contribution is 2.62. The van der Waals surface area contributed by atoms with Crippen molar-refractivity contribution in [2.45, 2.75) is 76.2 Å². The van der Waals surface area contributed by atoms with Gasteiger partial charge in [0.25, 0.3) is 5.69 Å². The summed E-state index contributed by atoms with van der Waals surface area (Å²) in [5, 5.41) is 45.3. The van der Waals surface area contributed by atoms with Gasteiger partial charge in [-0.15, -0.1) is 6.58 Å². The van der Waals surface area contributed by atoms with E-state index >= 15 is 0 Å². The standard InChI is InChI=1S/C48H60N4O11/c1-4-26-62-48-44(51(22-27-60-28-25-55)45(56)21-16-34-14-17-37(18-15-34)52(57)58)31-42(50-59-3)40-29-35(11-5-7-23-53)39(13-6-8-24-54)46(47(40)48)41-30-38(19-20-43(41)63-48)61-32-36-12-9-10-33(2)49-36/h4,9-10,12,14-21,29-30,35,39,44,46-47,53-55H,1,5-8,11,13,22-28,31-32H2,2-3H3/t35-,39+,44-,46+,47+,48+/m0/s1. The summed E-state index contributed by atoms with van der Waals surface area (Å²) < 4.78 is 26.5. The van der Waals surface area contributed by atoms with Gasteiger partial charge >= 0.3 is 0 Å². The van der Waals surface area contributed by atoms with Crippen molar-refractivity contribution in [2.75, 3.05) is 53.3 Å². The molecule has 0 bridgehead atoms. The first-order chi connectivity index (χ1) is 30.7. The van der Waals surface area contributed by atoms with Crippen LogP contribution in [0.4, 0.5) is 5.69 Å². The Balaban J connectivity index is 1.52. The average Bonchev–Trinajstić information content (AvgIpc) is 3.28. The molecule has 2 heterocycles. The van der Waals surface area contributed by atoms with Gasteiger partial charge in [-0.3, -0.25) is 19.9 Å². The molecule has 63 heavy (non-hydrogen) atoms. The van der Waals surface area contributed by atoms with E-state index in [1.54, 1.807) is 29.2 Å². The molecule has 2 aliphatic carbocycles. The molecule has 3 aliphatic rings. The minimum absolute atomic E-state index is 0.00801. The van der Waals surface area contributed by atoms with Crippen molar-refractivity contribution in [1.29, 1.82) is 0 Å². The number of nitro benzene ring substituents is 1. The van der Waals surface area contributed by atoms with Crippen LogP contribution in [0.15, 0.2) is 96.2 Å². The normalized spacial score (nSPS) is 23.0. The first-order valence-electron chi connectivity index (χ1n) is 21.8. The maximum Gasteiger partial charge on any atom is 0.269 e. The van der Waals surface area contributed by atoms with E-state index in [9.17, 15) is 30.2 Å². The molecule has 1 aliphatic heterocycles. The monoisotopic (exact) mass is 868 g/mol. The van der Waals surface area contributed by atoms with Crippen molar-refractivity contribution in [3.63, 3.8) is 0 Å². The molecule has 6 rings (SSSR count). The second kappa shape index (κ2) is 22.8. The van der Waals surface area contributed by atoms with Gasteiger partial charge in [0, 0.05) is 61.6 Å². The predicted octanol–water partition coefficient (Wildman–Crippen LogP) is 6.69. The number of aliphatic hydroxyl groups excluding tert-OH is 3. The number of hydrogen-bond acceptors (Lipinski definition) is 13. The number of aryl methyl sites for hydroxylation is 1. The average molecular weight is 869 g/mol. The number of oxime groups is 1. The van der Waals surface area contributed by atoms with Crippen LogP contribution in [0.5, 0.6) is 11.5 Å². The Hall–Kier alpha value is -5.45. The third-order valence-corrected chi connectivity index (χ3v) is 12.1. The van der Waals surface area contributed by atoms with Crippen LogP contribution in [0.2, 0.25) is 0 Å². The molecule has 0 spiro atoms. The molecule has 0 radical (unpaired) electrons. The third-order valence-electron chi connectivity index (χ3n) is 12.1. The lowest BCUT2D eigenvalue weighted by Gasteiger charge is -2.60. The fourth-order valence-electron chi connectivity index (χ4n) is 9.41. The van der Waals surface area contributed by atoms with Gasteiger partial charge in [-0.2, -0.15) is 0 Å². The molecule has 1 saturated carbocycles. The minimum Gasteiger partial charge on any atom is -0.487 e. The van der Waals surface area contributed by atoms with Crippen molar-refractivity contribution < 1.29 is 48.8 Å². The molecule has 3 aromatic rings. The van der Waals surface area contributed by atoms with Gasteiger partial charge in [0.1, 0.15) is 31.3 Å². The highest BCUT2D eigenvalue weighted by molar-refractivity contribution is 6.03. The van der Waals surface area contributed by atoms with Crippen LogP contribution in [-0.2, 0) is 25.7 Å². The molecule has 0 unspecified atom stereocenters. The topological polar surface area (TPSA) is 196 Å². The number of nitro groups is 1. The van der Waals surface area contributed by atoms with Crippen LogP contribution >= 0.6 is 0 Å². The lowest BCUT2D eigenvalue weighted by atomic mass is 9.55. The number of allylic oxidation sites excluding steroid dienone is 1. The number of benzene rings is 2. The number of amides is 1. The van der Waals surface area contributed by atoms with E-state index in [2.05, 4.69) is 22.8 Å². The predicted molar refractivity (Wildman–Crippen MR) is 237 cm³/mol. The van der Waals surface area contributed by atoms with E-state index in [-0.39, 0.29) is 82.7 Å². The fourth-order valence-corrected chi connectivity index (χ4v) is 9.41. The molecule has 1 amide bonds. The largest absolute Gasteiger partial charge is 0.487 e. The third kappa shape index (κ3) is 11.2. The summed E-state index contributed by atoms with van der Waals surface area (Å²) in [5.74, 6) is -1.43. The molecule has 338 valence electrons. The number of aromatic nitrogens is 1. The fraction of sp³-hybridized carbons (Fsp3) is 0.479. The van der Waals surface area contributed by atoms with Crippen LogP contribution in [0.25, 0.3) is 6.08 Å². The summed E-state index contributed by atoms with van der Waals surface area (Å²) in [6, 6.07) is 16.7.